The first kappa shape index (κ1) is 13.2. The molecule has 0 spiro atoms. The molecule has 0 aliphatic rings. The van der Waals surface area contributed by atoms with Crippen LogP contribution < -0.4 is 5.32 Å². The molecule has 0 aliphatic carbocycles. The molecule has 0 aromatic carbocycles. The SMILES string of the molecule is Br.CC(=O)Nc1nc(C)c(C(C)=O)s1. The summed E-state index contributed by atoms with van der Waals surface area (Å²) in [4.78, 5) is 26.3. The first-order chi connectivity index (χ1) is 6.00. The molecule has 14 heavy (non-hydrogen) atoms. The Kier molecular flexibility index (Phi) is 4.93. The van der Waals surface area contributed by atoms with E-state index < -0.39 is 0 Å². The molecule has 1 rings (SSSR count). The number of aryl methyl sites for hydroxylation is 1. The molecule has 78 valence electrons. The second-order valence-corrected chi connectivity index (χ2v) is 3.67. The highest BCUT2D eigenvalue weighted by atomic mass is 79.9. The number of rotatable bonds is 2. The third kappa shape index (κ3) is 3.19. The maximum absolute atomic E-state index is 11.0. The smallest absolute Gasteiger partial charge is 0.223 e. The Morgan fingerprint density at radius 3 is 2.29 bits per heavy atom. The van der Waals surface area contributed by atoms with Gasteiger partial charge in [-0.25, -0.2) is 4.98 Å². The van der Waals surface area contributed by atoms with Gasteiger partial charge in [0.2, 0.25) is 5.91 Å². The maximum atomic E-state index is 11.0. The zero-order chi connectivity index (χ0) is 10.0. The molecular weight excluding hydrogens is 268 g/mol. The number of Topliss-reactive ketones (excluding diaryl/α,β-unsaturated/α-hetero) is 1. The van der Waals surface area contributed by atoms with Crippen LogP contribution in [-0.2, 0) is 4.79 Å². The highest BCUT2D eigenvalue weighted by Gasteiger charge is 2.11. The maximum Gasteiger partial charge on any atom is 0.223 e. The Morgan fingerprint density at radius 1 is 1.36 bits per heavy atom. The third-order valence-electron chi connectivity index (χ3n) is 1.40. The molecule has 1 aromatic heterocycles. The number of hydrogen-bond donors (Lipinski definition) is 1. The minimum absolute atomic E-state index is 0. The highest BCUT2D eigenvalue weighted by molar-refractivity contribution is 8.93. The van der Waals surface area contributed by atoms with E-state index in [4.69, 9.17) is 0 Å². The first-order valence-electron chi connectivity index (χ1n) is 3.76. The number of carbonyl (C=O) groups is 2. The normalized spacial score (nSPS) is 9.07. The molecular formula is C8H11BrN2O2S. The van der Waals surface area contributed by atoms with Crippen molar-refractivity contribution in [3.05, 3.63) is 10.6 Å². The van der Waals surface area contributed by atoms with E-state index in [0.29, 0.717) is 15.7 Å². The van der Waals surface area contributed by atoms with Crippen molar-refractivity contribution in [1.82, 2.24) is 4.98 Å². The van der Waals surface area contributed by atoms with Gasteiger partial charge in [0, 0.05) is 13.8 Å². The van der Waals surface area contributed by atoms with Crippen LogP contribution in [0.1, 0.15) is 29.2 Å². The predicted octanol–water partition coefficient (Wildman–Crippen LogP) is 2.19. The third-order valence-corrected chi connectivity index (χ3v) is 2.57. The molecule has 0 bridgehead atoms. The zero-order valence-corrected chi connectivity index (χ0v) is 10.6. The van der Waals surface area contributed by atoms with Gasteiger partial charge in [-0.2, -0.15) is 0 Å². The Bertz CT molecular complexity index is 362. The summed E-state index contributed by atoms with van der Waals surface area (Å²) in [6.45, 7) is 4.64. The van der Waals surface area contributed by atoms with E-state index in [1.807, 2.05) is 0 Å². The lowest BCUT2D eigenvalue weighted by Crippen LogP contribution is -2.04. The number of hydrogen-bond acceptors (Lipinski definition) is 4. The van der Waals surface area contributed by atoms with Gasteiger partial charge in [0.05, 0.1) is 10.6 Å². The van der Waals surface area contributed by atoms with Crippen LogP contribution in [0.15, 0.2) is 0 Å². The molecule has 1 N–H and O–H groups in total. The average molecular weight is 279 g/mol. The van der Waals surface area contributed by atoms with Crippen molar-refractivity contribution in [3.63, 3.8) is 0 Å². The molecule has 4 nitrogen and oxygen atoms in total. The quantitative estimate of drug-likeness (QED) is 0.844. The summed E-state index contributed by atoms with van der Waals surface area (Å²) in [5, 5.41) is 3.02. The monoisotopic (exact) mass is 278 g/mol. The van der Waals surface area contributed by atoms with Crippen LogP contribution in [-0.4, -0.2) is 16.7 Å². The average Bonchev–Trinajstić information content (AvgIpc) is 2.29. The molecule has 6 heteroatoms. The summed E-state index contributed by atoms with van der Waals surface area (Å²) in [5.41, 5.74) is 0.668. The van der Waals surface area contributed by atoms with Crippen molar-refractivity contribution < 1.29 is 9.59 Å². The highest BCUT2D eigenvalue weighted by Crippen LogP contribution is 2.22. The predicted molar refractivity (Wildman–Crippen MR) is 61.5 cm³/mol. The van der Waals surface area contributed by atoms with Gasteiger partial charge in [0.15, 0.2) is 10.9 Å². The molecule has 0 saturated heterocycles. The summed E-state index contributed by atoms with van der Waals surface area (Å²) >= 11 is 1.20. The number of anilines is 1. The van der Waals surface area contributed by atoms with Gasteiger partial charge in [-0.1, -0.05) is 11.3 Å². The summed E-state index contributed by atoms with van der Waals surface area (Å²) in [6, 6.07) is 0. The van der Waals surface area contributed by atoms with E-state index in [1.165, 1.54) is 25.2 Å². The van der Waals surface area contributed by atoms with Crippen molar-refractivity contribution in [2.75, 3.05) is 5.32 Å². The topological polar surface area (TPSA) is 59.1 Å². The second-order valence-electron chi connectivity index (χ2n) is 2.67. The first-order valence-corrected chi connectivity index (χ1v) is 4.58. The lowest BCUT2D eigenvalue weighted by Gasteiger charge is -1.91. The number of nitrogens with one attached hydrogen (secondary N) is 1. The summed E-state index contributed by atoms with van der Waals surface area (Å²) in [5.74, 6) is -0.199. The largest absolute Gasteiger partial charge is 0.302 e. The molecule has 0 unspecified atom stereocenters. The van der Waals surface area contributed by atoms with E-state index in [2.05, 4.69) is 10.3 Å². The van der Waals surface area contributed by atoms with Crippen LogP contribution in [0.5, 0.6) is 0 Å². The molecule has 0 aliphatic heterocycles. The molecule has 0 fully saturated rings. The van der Waals surface area contributed by atoms with Crippen LogP contribution in [0.25, 0.3) is 0 Å². The van der Waals surface area contributed by atoms with Crippen LogP contribution >= 0.6 is 28.3 Å². The Balaban J connectivity index is 0.00000169. The van der Waals surface area contributed by atoms with Gasteiger partial charge in [0.1, 0.15) is 0 Å². The van der Waals surface area contributed by atoms with Crippen LogP contribution in [0.3, 0.4) is 0 Å². The van der Waals surface area contributed by atoms with Crippen molar-refractivity contribution in [2.45, 2.75) is 20.8 Å². The van der Waals surface area contributed by atoms with Gasteiger partial charge in [-0.05, 0) is 6.92 Å². The van der Waals surface area contributed by atoms with Gasteiger partial charge in [-0.3, -0.25) is 9.59 Å². The molecule has 0 saturated carbocycles. The van der Waals surface area contributed by atoms with E-state index in [0.717, 1.165) is 0 Å². The number of thiazole rings is 1. The van der Waals surface area contributed by atoms with E-state index >= 15 is 0 Å². The summed E-state index contributed by atoms with van der Waals surface area (Å²) < 4.78 is 0. The van der Waals surface area contributed by atoms with Crippen molar-refractivity contribution >= 4 is 45.1 Å². The minimum atomic E-state index is -0.177. The Hall–Kier alpha value is -0.750. The van der Waals surface area contributed by atoms with E-state index in [9.17, 15) is 9.59 Å². The lowest BCUT2D eigenvalue weighted by atomic mass is 10.3. The number of ketones is 1. The number of halogens is 1. The molecule has 1 heterocycles. The number of carbonyl (C=O) groups excluding carboxylic acids is 2. The van der Waals surface area contributed by atoms with E-state index in [-0.39, 0.29) is 28.7 Å². The minimum Gasteiger partial charge on any atom is -0.302 e. The Labute approximate surface area is 96.5 Å². The molecule has 0 radical (unpaired) electrons. The van der Waals surface area contributed by atoms with Gasteiger partial charge in [0.25, 0.3) is 0 Å². The van der Waals surface area contributed by atoms with Gasteiger partial charge < -0.3 is 5.32 Å². The van der Waals surface area contributed by atoms with Gasteiger partial charge >= 0.3 is 0 Å². The Morgan fingerprint density at radius 2 is 1.93 bits per heavy atom. The standard InChI is InChI=1S/C8H10N2O2S.BrH/c1-4-7(5(2)11)13-8(9-4)10-6(3)12;/h1-3H3,(H,9,10,12);1H. The van der Waals surface area contributed by atoms with Gasteiger partial charge in [-0.15, -0.1) is 17.0 Å². The van der Waals surface area contributed by atoms with Crippen molar-refractivity contribution in [1.29, 1.82) is 0 Å². The van der Waals surface area contributed by atoms with Crippen LogP contribution in [0, 0.1) is 6.92 Å². The fourth-order valence-electron chi connectivity index (χ4n) is 0.927. The summed E-state index contributed by atoms with van der Waals surface area (Å²) in [7, 11) is 0. The lowest BCUT2D eigenvalue weighted by molar-refractivity contribution is -0.114. The van der Waals surface area contributed by atoms with Crippen molar-refractivity contribution in [3.8, 4) is 0 Å². The molecule has 1 amide bonds. The zero-order valence-electron chi connectivity index (χ0n) is 8.08. The number of aromatic nitrogens is 1. The van der Waals surface area contributed by atoms with E-state index in [1.54, 1.807) is 6.92 Å². The summed E-state index contributed by atoms with van der Waals surface area (Å²) in [6.07, 6.45) is 0. The molecule has 0 atom stereocenters. The second kappa shape index (κ2) is 5.21. The van der Waals surface area contributed by atoms with Crippen molar-refractivity contribution in [2.24, 2.45) is 0 Å². The number of nitrogens with zero attached hydrogens (tertiary/aromatic N) is 1. The fourth-order valence-corrected chi connectivity index (χ4v) is 1.83. The van der Waals surface area contributed by atoms with Crippen LogP contribution in [0.2, 0.25) is 0 Å². The molecule has 1 aromatic rings. The number of amides is 1. The van der Waals surface area contributed by atoms with Crippen LogP contribution in [0.4, 0.5) is 5.13 Å². The fraction of sp³-hybridized carbons (Fsp3) is 0.375.